The highest BCUT2D eigenvalue weighted by molar-refractivity contribution is 6.01. The number of hydrogen-bond donors (Lipinski definition) is 1. The van der Waals surface area contributed by atoms with Gasteiger partial charge in [-0.25, -0.2) is 0 Å². The minimum Gasteiger partial charge on any atom is -0.354 e. The zero-order valence-corrected chi connectivity index (χ0v) is 8.69. The lowest BCUT2D eigenvalue weighted by molar-refractivity contribution is -0.116. The minimum absolute atomic E-state index is 0.0345. The van der Waals surface area contributed by atoms with Gasteiger partial charge in [0.1, 0.15) is 11.6 Å². The first-order valence-corrected chi connectivity index (χ1v) is 4.55. The van der Waals surface area contributed by atoms with Crippen LogP contribution in [0, 0.1) is 22.7 Å². The van der Waals surface area contributed by atoms with E-state index in [1.807, 2.05) is 12.1 Å². The molecule has 0 unspecified atom stereocenters. The SMILES string of the molecule is CNC(=O)/C(C#N)=C/c1ccc(C#N)cc1. The molecule has 0 aliphatic carbocycles. The van der Waals surface area contributed by atoms with E-state index in [2.05, 4.69) is 5.32 Å². The summed E-state index contributed by atoms with van der Waals surface area (Å²) in [4.78, 5) is 11.2. The monoisotopic (exact) mass is 211 g/mol. The molecule has 0 bridgehead atoms. The fourth-order valence-electron chi connectivity index (χ4n) is 1.10. The summed E-state index contributed by atoms with van der Waals surface area (Å²) < 4.78 is 0. The van der Waals surface area contributed by atoms with Crippen LogP contribution in [-0.2, 0) is 4.79 Å². The summed E-state index contributed by atoms with van der Waals surface area (Å²) in [5.74, 6) is -0.424. The second-order valence-corrected chi connectivity index (χ2v) is 2.98. The predicted molar refractivity (Wildman–Crippen MR) is 58.8 cm³/mol. The number of amides is 1. The van der Waals surface area contributed by atoms with E-state index >= 15 is 0 Å². The molecule has 1 rings (SSSR count). The zero-order valence-electron chi connectivity index (χ0n) is 8.69. The van der Waals surface area contributed by atoms with Crippen LogP contribution in [0.5, 0.6) is 0 Å². The van der Waals surface area contributed by atoms with Crippen molar-refractivity contribution in [1.29, 1.82) is 10.5 Å². The lowest BCUT2D eigenvalue weighted by Gasteiger charge is -1.97. The smallest absolute Gasteiger partial charge is 0.261 e. The number of carbonyl (C=O) groups is 1. The van der Waals surface area contributed by atoms with Gasteiger partial charge in [-0.1, -0.05) is 12.1 Å². The van der Waals surface area contributed by atoms with Crippen molar-refractivity contribution in [2.75, 3.05) is 7.05 Å². The van der Waals surface area contributed by atoms with Crippen molar-refractivity contribution >= 4 is 12.0 Å². The highest BCUT2D eigenvalue weighted by Crippen LogP contribution is 2.08. The summed E-state index contributed by atoms with van der Waals surface area (Å²) in [5, 5.41) is 19.7. The van der Waals surface area contributed by atoms with Gasteiger partial charge in [0.2, 0.25) is 0 Å². The molecular weight excluding hydrogens is 202 g/mol. The topological polar surface area (TPSA) is 76.7 Å². The second kappa shape index (κ2) is 5.33. The molecule has 0 radical (unpaired) electrons. The molecule has 0 aliphatic rings. The normalized spacial score (nSPS) is 10.1. The van der Waals surface area contributed by atoms with Crippen molar-refractivity contribution in [3.8, 4) is 12.1 Å². The summed E-state index contributed by atoms with van der Waals surface area (Å²) in [6.45, 7) is 0. The molecule has 1 N–H and O–H groups in total. The van der Waals surface area contributed by atoms with Crippen LogP contribution in [0.1, 0.15) is 11.1 Å². The van der Waals surface area contributed by atoms with E-state index in [1.165, 1.54) is 13.1 Å². The number of hydrogen-bond acceptors (Lipinski definition) is 3. The van der Waals surface area contributed by atoms with Gasteiger partial charge in [0, 0.05) is 7.05 Å². The molecule has 0 fully saturated rings. The summed E-state index contributed by atoms with van der Waals surface area (Å²) in [6.07, 6.45) is 1.47. The largest absolute Gasteiger partial charge is 0.354 e. The van der Waals surface area contributed by atoms with E-state index < -0.39 is 5.91 Å². The van der Waals surface area contributed by atoms with E-state index in [9.17, 15) is 4.79 Å². The third-order valence-electron chi connectivity index (χ3n) is 1.94. The van der Waals surface area contributed by atoms with E-state index in [1.54, 1.807) is 24.3 Å². The Morgan fingerprint density at radius 2 is 1.94 bits per heavy atom. The Morgan fingerprint density at radius 3 is 2.38 bits per heavy atom. The quantitative estimate of drug-likeness (QED) is 0.590. The third-order valence-corrected chi connectivity index (χ3v) is 1.94. The van der Waals surface area contributed by atoms with Gasteiger partial charge in [-0.15, -0.1) is 0 Å². The molecule has 16 heavy (non-hydrogen) atoms. The molecule has 4 nitrogen and oxygen atoms in total. The average Bonchev–Trinajstić information content (AvgIpc) is 2.35. The van der Waals surface area contributed by atoms with Crippen molar-refractivity contribution in [1.82, 2.24) is 5.32 Å². The van der Waals surface area contributed by atoms with E-state index in [0.29, 0.717) is 11.1 Å². The van der Waals surface area contributed by atoms with Crippen LogP contribution in [0.4, 0.5) is 0 Å². The summed E-state index contributed by atoms with van der Waals surface area (Å²) in [6, 6.07) is 10.4. The molecule has 0 aromatic heterocycles. The standard InChI is InChI=1S/C12H9N3O/c1-15-12(16)11(8-14)6-9-2-4-10(7-13)5-3-9/h2-6H,1H3,(H,15,16)/b11-6+. The van der Waals surface area contributed by atoms with Crippen LogP contribution in [0.25, 0.3) is 6.08 Å². The van der Waals surface area contributed by atoms with Crippen molar-refractivity contribution < 1.29 is 4.79 Å². The van der Waals surface area contributed by atoms with E-state index in [-0.39, 0.29) is 5.57 Å². The number of nitrogens with zero attached hydrogens (tertiary/aromatic N) is 2. The maximum Gasteiger partial charge on any atom is 0.261 e. The molecule has 0 aliphatic heterocycles. The van der Waals surface area contributed by atoms with Gasteiger partial charge in [0.15, 0.2) is 0 Å². The highest BCUT2D eigenvalue weighted by Gasteiger charge is 2.05. The van der Waals surface area contributed by atoms with Crippen LogP contribution in [0.3, 0.4) is 0 Å². The van der Waals surface area contributed by atoms with Gasteiger partial charge in [0.25, 0.3) is 5.91 Å². The van der Waals surface area contributed by atoms with Gasteiger partial charge in [-0.05, 0) is 23.8 Å². The number of rotatable bonds is 2. The lowest BCUT2D eigenvalue weighted by atomic mass is 10.1. The molecule has 0 atom stereocenters. The number of nitriles is 2. The first kappa shape index (κ1) is 11.5. The zero-order chi connectivity index (χ0) is 12.0. The molecule has 0 saturated heterocycles. The fourth-order valence-corrected chi connectivity index (χ4v) is 1.10. The Balaban J connectivity index is 3.02. The number of benzene rings is 1. The van der Waals surface area contributed by atoms with Gasteiger partial charge in [0.05, 0.1) is 11.6 Å². The third kappa shape index (κ3) is 2.70. The Labute approximate surface area is 93.4 Å². The van der Waals surface area contributed by atoms with Crippen LogP contribution in [-0.4, -0.2) is 13.0 Å². The maximum absolute atomic E-state index is 11.2. The number of carbonyl (C=O) groups excluding carboxylic acids is 1. The summed E-state index contributed by atoms with van der Waals surface area (Å²) in [5.41, 5.74) is 1.28. The van der Waals surface area contributed by atoms with Crippen LogP contribution in [0.2, 0.25) is 0 Å². The fraction of sp³-hybridized carbons (Fsp3) is 0.0833. The lowest BCUT2D eigenvalue weighted by Crippen LogP contribution is -2.19. The van der Waals surface area contributed by atoms with Gasteiger partial charge in [-0.3, -0.25) is 4.79 Å². The molecular formula is C12H9N3O. The Kier molecular flexibility index (Phi) is 3.83. The predicted octanol–water partition coefficient (Wildman–Crippen LogP) is 1.21. The van der Waals surface area contributed by atoms with Crippen molar-refractivity contribution in [2.24, 2.45) is 0 Å². The van der Waals surface area contributed by atoms with Crippen LogP contribution < -0.4 is 5.32 Å². The van der Waals surface area contributed by atoms with E-state index in [4.69, 9.17) is 10.5 Å². The summed E-state index contributed by atoms with van der Waals surface area (Å²) >= 11 is 0. The first-order chi connectivity index (χ1) is 7.71. The van der Waals surface area contributed by atoms with Gasteiger partial charge in [-0.2, -0.15) is 10.5 Å². The molecule has 1 amide bonds. The number of likely N-dealkylation sites (N-methyl/N-ethyl adjacent to an activating group) is 1. The summed E-state index contributed by atoms with van der Waals surface area (Å²) in [7, 11) is 1.46. The van der Waals surface area contributed by atoms with Crippen LogP contribution >= 0.6 is 0 Å². The average molecular weight is 211 g/mol. The highest BCUT2D eigenvalue weighted by atomic mass is 16.1. The molecule has 0 saturated carbocycles. The van der Waals surface area contributed by atoms with Crippen molar-refractivity contribution in [3.05, 3.63) is 41.0 Å². The Morgan fingerprint density at radius 1 is 1.31 bits per heavy atom. The van der Waals surface area contributed by atoms with Crippen molar-refractivity contribution in [2.45, 2.75) is 0 Å². The second-order valence-electron chi connectivity index (χ2n) is 2.98. The molecule has 1 aromatic rings. The number of nitrogens with one attached hydrogen (secondary N) is 1. The van der Waals surface area contributed by atoms with E-state index in [0.717, 1.165) is 0 Å². The molecule has 0 spiro atoms. The Bertz CT molecular complexity index is 501. The molecule has 0 heterocycles. The molecule has 1 aromatic carbocycles. The molecule has 4 heteroatoms. The van der Waals surface area contributed by atoms with Crippen LogP contribution in [0.15, 0.2) is 29.8 Å². The van der Waals surface area contributed by atoms with Gasteiger partial charge < -0.3 is 5.32 Å². The van der Waals surface area contributed by atoms with Crippen molar-refractivity contribution in [3.63, 3.8) is 0 Å². The Hall–Kier alpha value is -2.59. The molecule has 78 valence electrons. The minimum atomic E-state index is -0.424. The first-order valence-electron chi connectivity index (χ1n) is 4.55. The van der Waals surface area contributed by atoms with Gasteiger partial charge >= 0.3 is 0 Å². The maximum atomic E-state index is 11.2.